The van der Waals surface area contributed by atoms with Crippen molar-refractivity contribution in [2.24, 2.45) is 5.92 Å². The van der Waals surface area contributed by atoms with Crippen LogP contribution in [-0.2, 0) is 4.79 Å². The summed E-state index contributed by atoms with van der Waals surface area (Å²) in [6.07, 6.45) is 5.48. The Hall–Kier alpha value is -0.725. The SMILES string of the molecule is BC1=CCN(C(=O)C2CC2)CC1. The third kappa shape index (κ3) is 1.54. The maximum atomic E-state index is 11.6. The van der Waals surface area contributed by atoms with Gasteiger partial charge in [-0.2, -0.15) is 0 Å². The summed E-state index contributed by atoms with van der Waals surface area (Å²) in [7, 11) is 2.14. The van der Waals surface area contributed by atoms with E-state index in [0.29, 0.717) is 11.8 Å². The largest absolute Gasteiger partial charge is 0.338 e. The quantitative estimate of drug-likeness (QED) is 0.503. The van der Waals surface area contributed by atoms with Crippen LogP contribution >= 0.6 is 0 Å². The first kappa shape index (κ1) is 7.90. The number of rotatable bonds is 1. The van der Waals surface area contributed by atoms with Crippen molar-refractivity contribution in [1.82, 2.24) is 4.90 Å². The Kier molecular flexibility index (Phi) is 1.95. The summed E-state index contributed by atoms with van der Waals surface area (Å²) in [5.41, 5.74) is 1.43. The maximum absolute atomic E-state index is 11.6. The summed E-state index contributed by atoms with van der Waals surface area (Å²) < 4.78 is 0. The van der Waals surface area contributed by atoms with E-state index in [9.17, 15) is 4.79 Å². The Balaban J connectivity index is 1.93. The highest BCUT2D eigenvalue weighted by molar-refractivity contribution is 6.21. The third-order valence-electron chi connectivity index (χ3n) is 2.67. The molecule has 1 amide bonds. The van der Waals surface area contributed by atoms with Crippen molar-refractivity contribution in [3.05, 3.63) is 11.5 Å². The van der Waals surface area contributed by atoms with Crippen LogP contribution in [0.3, 0.4) is 0 Å². The number of nitrogens with zero attached hydrogens (tertiary/aromatic N) is 1. The average Bonchev–Trinajstić information content (AvgIpc) is 2.87. The number of carbonyl (C=O) groups is 1. The zero-order valence-electron chi connectivity index (χ0n) is 7.55. The highest BCUT2D eigenvalue weighted by atomic mass is 16.2. The fourth-order valence-electron chi connectivity index (χ4n) is 1.56. The van der Waals surface area contributed by atoms with Gasteiger partial charge in [0.05, 0.1) is 0 Å². The molecule has 0 atom stereocenters. The molecule has 3 heteroatoms. The molecule has 0 unspecified atom stereocenters. The van der Waals surface area contributed by atoms with Gasteiger partial charge in [0.2, 0.25) is 5.91 Å². The second kappa shape index (κ2) is 2.96. The fraction of sp³-hybridized carbons (Fsp3) is 0.667. The van der Waals surface area contributed by atoms with Gasteiger partial charge in [-0.15, -0.1) is 5.47 Å². The molecule has 0 aromatic heterocycles. The molecule has 12 heavy (non-hydrogen) atoms. The summed E-state index contributed by atoms with van der Waals surface area (Å²) in [5, 5.41) is 0. The molecular formula is C9H14BNO. The summed E-state index contributed by atoms with van der Waals surface area (Å²) in [6.45, 7) is 1.79. The topological polar surface area (TPSA) is 20.3 Å². The van der Waals surface area contributed by atoms with Crippen LogP contribution in [0.5, 0.6) is 0 Å². The average molecular weight is 163 g/mol. The van der Waals surface area contributed by atoms with Gasteiger partial charge in [0.15, 0.2) is 0 Å². The van der Waals surface area contributed by atoms with E-state index in [-0.39, 0.29) is 0 Å². The lowest BCUT2D eigenvalue weighted by Crippen LogP contribution is -2.35. The first-order valence-corrected chi connectivity index (χ1v) is 4.72. The van der Waals surface area contributed by atoms with Crippen LogP contribution < -0.4 is 0 Å². The van der Waals surface area contributed by atoms with Crippen LogP contribution in [-0.4, -0.2) is 31.7 Å². The Labute approximate surface area is 74.0 Å². The maximum Gasteiger partial charge on any atom is 0.225 e. The van der Waals surface area contributed by atoms with E-state index in [0.717, 1.165) is 32.4 Å². The lowest BCUT2D eigenvalue weighted by atomic mass is 9.90. The van der Waals surface area contributed by atoms with E-state index in [2.05, 4.69) is 13.9 Å². The van der Waals surface area contributed by atoms with Gasteiger partial charge < -0.3 is 4.90 Å². The monoisotopic (exact) mass is 163 g/mol. The second-order valence-electron chi connectivity index (χ2n) is 3.86. The van der Waals surface area contributed by atoms with Gasteiger partial charge in [-0.1, -0.05) is 6.08 Å². The molecule has 0 N–H and O–H groups in total. The lowest BCUT2D eigenvalue weighted by molar-refractivity contribution is -0.132. The van der Waals surface area contributed by atoms with Gasteiger partial charge in [0.25, 0.3) is 0 Å². The minimum Gasteiger partial charge on any atom is -0.338 e. The standard InChI is InChI=1S/C9H14BNO/c10-8-3-5-11(6-4-8)9(12)7-1-2-7/h3,7H,1-2,4-6,10H2. The summed E-state index contributed by atoms with van der Waals surface area (Å²) >= 11 is 0. The molecule has 64 valence electrons. The summed E-state index contributed by atoms with van der Waals surface area (Å²) in [5.74, 6) is 0.774. The van der Waals surface area contributed by atoms with Crippen LogP contribution in [0.25, 0.3) is 0 Å². The van der Waals surface area contributed by atoms with Crippen molar-refractivity contribution < 1.29 is 4.79 Å². The van der Waals surface area contributed by atoms with E-state index in [1.54, 1.807) is 0 Å². The molecule has 1 saturated carbocycles. The molecule has 2 rings (SSSR count). The lowest BCUT2D eigenvalue weighted by Gasteiger charge is -2.25. The van der Waals surface area contributed by atoms with E-state index < -0.39 is 0 Å². The van der Waals surface area contributed by atoms with Gasteiger partial charge in [-0.05, 0) is 19.3 Å². The minimum atomic E-state index is 0.386. The van der Waals surface area contributed by atoms with Crippen LogP contribution in [0.15, 0.2) is 11.5 Å². The molecule has 0 saturated heterocycles. The number of hydrogen-bond donors (Lipinski definition) is 0. The van der Waals surface area contributed by atoms with E-state index in [4.69, 9.17) is 0 Å². The molecule has 2 aliphatic rings. The van der Waals surface area contributed by atoms with Crippen molar-refractivity contribution >= 4 is 13.8 Å². The first-order valence-electron chi connectivity index (χ1n) is 4.72. The van der Waals surface area contributed by atoms with E-state index >= 15 is 0 Å². The van der Waals surface area contributed by atoms with Crippen LogP contribution in [0.2, 0.25) is 0 Å². The Morgan fingerprint density at radius 3 is 2.83 bits per heavy atom. The molecule has 0 radical (unpaired) electrons. The molecule has 0 aromatic rings. The number of amides is 1. The van der Waals surface area contributed by atoms with Gasteiger partial charge in [0.1, 0.15) is 7.85 Å². The minimum absolute atomic E-state index is 0.386. The van der Waals surface area contributed by atoms with Crippen molar-refractivity contribution in [2.75, 3.05) is 13.1 Å². The van der Waals surface area contributed by atoms with Gasteiger partial charge in [0, 0.05) is 19.0 Å². The molecule has 1 aliphatic carbocycles. The van der Waals surface area contributed by atoms with Crippen LogP contribution in [0, 0.1) is 5.92 Å². The summed E-state index contributed by atoms with van der Waals surface area (Å²) in [4.78, 5) is 13.6. The Morgan fingerprint density at radius 1 is 1.58 bits per heavy atom. The predicted molar refractivity (Wildman–Crippen MR) is 50.5 cm³/mol. The van der Waals surface area contributed by atoms with Crippen molar-refractivity contribution in [3.8, 4) is 0 Å². The van der Waals surface area contributed by atoms with Crippen LogP contribution in [0.1, 0.15) is 19.3 Å². The Bertz CT molecular complexity index is 233. The number of carbonyl (C=O) groups excluding carboxylic acids is 1. The highest BCUT2D eigenvalue weighted by Crippen LogP contribution is 2.31. The van der Waals surface area contributed by atoms with Crippen molar-refractivity contribution in [3.63, 3.8) is 0 Å². The Morgan fingerprint density at radius 2 is 2.33 bits per heavy atom. The van der Waals surface area contributed by atoms with Crippen molar-refractivity contribution in [1.29, 1.82) is 0 Å². The molecule has 1 fully saturated rings. The number of hydrogen-bond acceptors (Lipinski definition) is 1. The first-order chi connectivity index (χ1) is 5.77. The molecule has 2 nitrogen and oxygen atoms in total. The molecule has 0 aromatic carbocycles. The third-order valence-corrected chi connectivity index (χ3v) is 2.67. The molecule has 0 spiro atoms. The van der Waals surface area contributed by atoms with E-state index in [1.165, 1.54) is 5.47 Å². The summed E-state index contributed by atoms with van der Waals surface area (Å²) in [6, 6.07) is 0. The zero-order chi connectivity index (χ0) is 8.55. The predicted octanol–water partition coefficient (Wildman–Crippen LogP) is 0.146. The normalized spacial score (nSPS) is 23.7. The van der Waals surface area contributed by atoms with E-state index in [1.807, 2.05) is 4.90 Å². The highest BCUT2D eigenvalue weighted by Gasteiger charge is 2.33. The van der Waals surface area contributed by atoms with Gasteiger partial charge >= 0.3 is 0 Å². The smallest absolute Gasteiger partial charge is 0.225 e. The molecule has 1 heterocycles. The van der Waals surface area contributed by atoms with Crippen molar-refractivity contribution in [2.45, 2.75) is 19.3 Å². The molecule has 1 aliphatic heterocycles. The van der Waals surface area contributed by atoms with Crippen LogP contribution in [0.4, 0.5) is 0 Å². The van der Waals surface area contributed by atoms with Gasteiger partial charge in [-0.25, -0.2) is 0 Å². The molecule has 0 bridgehead atoms. The second-order valence-corrected chi connectivity index (χ2v) is 3.86. The van der Waals surface area contributed by atoms with Gasteiger partial charge in [-0.3, -0.25) is 4.79 Å². The zero-order valence-corrected chi connectivity index (χ0v) is 7.55. The fourth-order valence-corrected chi connectivity index (χ4v) is 1.56. The molecular weight excluding hydrogens is 149 g/mol.